The summed E-state index contributed by atoms with van der Waals surface area (Å²) >= 11 is 0. The Bertz CT molecular complexity index is 963. The van der Waals surface area contributed by atoms with E-state index in [0.717, 1.165) is 36.4 Å². The largest absolute Gasteiger partial charge is 1.00 e. The number of hydrogen-bond donors (Lipinski definition) is 0. The number of halogens is 8. The zero-order valence-corrected chi connectivity index (χ0v) is 14.7. The van der Waals surface area contributed by atoms with E-state index < -0.39 is 62.0 Å². The van der Waals surface area contributed by atoms with Crippen molar-refractivity contribution in [2.45, 2.75) is 35.5 Å². The first-order valence-electron chi connectivity index (χ1n) is 7.01. The summed E-state index contributed by atoms with van der Waals surface area (Å²) in [5.74, 6) is -18.3. The second kappa shape index (κ2) is 7.82. The van der Waals surface area contributed by atoms with Crippen LogP contribution in [0.2, 0.25) is 0 Å². The van der Waals surface area contributed by atoms with Gasteiger partial charge in [0.15, 0.2) is 0 Å². The number of fused-ring (bicyclic) bond motifs is 1. The molecule has 0 radical (unpaired) electrons. The first-order valence-corrected chi connectivity index (χ1v) is 8.42. The fourth-order valence-corrected chi connectivity index (χ4v) is 3.14. The predicted octanol–water partition coefficient (Wildman–Crippen LogP) is 1.46. The Morgan fingerprint density at radius 2 is 1.39 bits per heavy atom. The maximum absolute atomic E-state index is 13.9. The number of alkyl halides is 8. The molecule has 13 heteroatoms. The van der Waals surface area contributed by atoms with Crippen LogP contribution in [0.3, 0.4) is 0 Å². The quantitative estimate of drug-likeness (QED) is 0.398. The van der Waals surface area contributed by atoms with Gasteiger partial charge in [0.25, 0.3) is 0 Å². The minimum Gasteiger partial charge on any atom is -0.744 e. The third kappa shape index (κ3) is 4.15. The molecule has 0 unspecified atom stereocenters. The Labute approximate surface area is 165 Å². The molecule has 2 aromatic carbocycles. The Hall–Kier alpha value is -1.35. The molecule has 0 N–H and O–H groups in total. The van der Waals surface area contributed by atoms with E-state index in [2.05, 4.69) is 0 Å². The van der Waals surface area contributed by atoms with Crippen molar-refractivity contribution in [1.29, 1.82) is 0 Å². The summed E-state index contributed by atoms with van der Waals surface area (Å²) in [4.78, 5) is -0.838. The molecule has 0 fully saturated rings. The van der Waals surface area contributed by atoms with Gasteiger partial charge in [0.2, 0.25) is 0 Å². The van der Waals surface area contributed by atoms with Crippen molar-refractivity contribution < 1.29 is 67.0 Å². The van der Waals surface area contributed by atoms with E-state index in [1.165, 1.54) is 0 Å². The summed E-state index contributed by atoms with van der Waals surface area (Å²) in [7, 11) is -5.06. The van der Waals surface area contributed by atoms with Gasteiger partial charge in [-0.3, -0.25) is 0 Å². The van der Waals surface area contributed by atoms with Crippen molar-refractivity contribution in [2.75, 3.05) is 0 Å². The van der Waals surface area contributed by atoms with E-state index in [9.17, 15) is 48.1 Å². The number of rotatable bonds is 6. The van der Waals surface area contributed by atoms with E-state index in [0.29, 0.717) is 0 Å². The van der Waals surface area contributed by atoms with Crippen LogP contribution in [0.15, 0.2) is 41.3 Å². The van der Waals surface area contributed by atoms with Crippen molar-refractivity contribution in [3.63, 3.8) is 0 Å². The molecule has 0 saturated heterocycles. The van der Waals surface area contributed by atoms with Crippen LogP contribution in [-0.2, 0) is 16.5 Å². The average molecular weight is 428 g/mol. The van der Waals surface area contributed by atoms with E-state index in [1.807, 2.05) is 0 Å². The van der Waals surface area contributed by atoms with Crippen molar-refractivity contribution in [2.24, 2.45) is 0 Å². The van der Waals surface area contributed by atoms with Gasteiger partial charge < -0.3 is 4.55 Å². The molecule has 3 nitrogen and oxygen atoms in total. The molecule has 0 saturated carbocycles. The summed E-state index contributed by atoms with van der Waals surface area (Å²) in [5.41, 5.74) is -0.729. The van der Waals surface area contributed by atoms with Crippen LogP contribution in [0.25, 0.3) is 10.8 Å². The topological polar surface area (TPSA) is 57.2 Å². The van der Waals surface area contributed by atoms with Gasteiger partial charge in [0.1, 0.15) is 10.1 Å². The van der Waals surface area contributed by atoms with Gasteiger partial charge >= 0.3 is 43.1 Å². The van der Waals surface area contributed by atoms with Crippen LogP contribution in [0, 0.1) is 0 Å². The fraction of sp³-hybridized carbons (Fsp3) is 0.333. The van der Waals surface area contributed by atoms with Gasteiger partial charge in [0.05, 0.1) is 4.90 Å². The zero-order valence-electron chi connectivity index (χ0n) is 13.9. The Balaban J connectivity index is 0.00000392. The Morgan fingerprint density at radius 1 is 0.893 bits per heavy atom. The van der Waals surface area contributed by atoms with Crippen LogP contribution in [0.4, 0.5) is 35.1 Å². The van der Waals surface area contributed by atoms with E-state index in [1.54, 1.807) is 0 Å². The molecule has 0 atom stereocenters. The Kier molecular flexibility index (Phi) is 6.89. The van der Waals surface area contributed by atoms with Crippen LogP contribution in [0.5, 0.6) is 0 Å². The third-order valence-electron chi connectivity index (χ3n) is 3.81. The van der Waals surface area contributed by atoms with Crippen molar-refractivity contribution in [3.8, 4) is 0 Å². The minimum atomic E-state index is -6.39. The van der Waals surface area contributed by atoms with E-state index in [4.69, 9.17) is 0 Å². The summed E-state index contributed by atoms with van der Waals surface area (Å²) < 4.78 is 138. The van der Waals surface area contributed by atoms with Gasteiger partial charge in [-0.2, -0.15) is 26.3 Å². The van der Waals surface area contributed by atoms with Crippen molar-refractivity contribution in [1.82, 2.24) is 0 Å². The molecule has 2 aromatic rings. The molecule has 0 aliphatic carbocycles. The van der Waals surface area contributed by atoms with Gasteiger partial charge in [-0.1, -0.05) is 30.3 Å². The molecule has 2 rings (SSSR count). The first-order chi connectivity index (χ1) is 12.1. The van der Waals surface area contributed by atoms with Crippen molar-refractivity contribution in [3.05, 3.63) is 42.0 Å². The van der Waals surface area contributed by atoms with Gasteiger partial charge in [-0.15, -0.1) is 0 Å². The molecule has 0 amide bonds. The smallest absolute Gasteiger partial charge is 0.744 e. The SMILES string of the molecule is O=S(=O)([O-])c1cccc2c(CC(F)(F)C(F)(F)C(F)(F)C(F)F)cccc12.[Li+]. The molecule has 0 spiro atoms. The molecule has 0 aromatic heterocycles. The van der Waals surface area contributed by atoms with E-state index in [-0.39, 0.29) is 18.9 Å². The van der Waals surface area contributed by atoms with Gasteiger partial charge in [-0.25, -0.2) is 17.2 Å². The molecule has 0 heterocycles. The third-order valence-corrected chi connectivity index (χ3v) is 4.70. The summed E-state index contributed by atoms with van der Waals surface area (Å²) in [6.45, 7) is 0. The second-order valence-corrected chi connectivity index (χ2v) is 6.95. The first kappa shape index (κ1) is 24.7. The molecular formula is C15H9F8LiO3S. The average Bonchev–Trinajstić information content (AvgIpc) is 2.52. The fourth-order valence-electron chi connectivity index (χ4n) is 2.45. The number of hydrogen-bond acceptors (Lipinski definition) is 3. The molecule has 0 bridgehead atoms. The number of benzene rings is 2. The van der Waals surface area contributed by atoms with E-state index >= 15 is 0 Å². The molecule has 0 aliphatic heterocycles. The summed E-state index contributed by atoms with van der Waals surface area (Å²) in [6, 6.07) is 5.55. The van der Waals surface area contributed by atoms with Gasteiger partial charge in [0, 0.05) is 6.42 Å². The van der Waals surface area contributed by atoms with Crippen LogP contribution in [0.1, 0.15) is 5.56 Å². The summed E-state index contributed by atoms with van der Waals surface area (Å²) in [5, 5.41) is -0.796. The Morgan fingerprint density at radius 3 is 1.89 bits per heavy atom. The van der Waals surface area contributed by atoms with Gasteiger partial charge in [-0.05, 0) is 22.4 Å². The summed E-state index contributed by atoms with van der Waals surface area (Å²) in [6.07, 6.45) is -7.13. The maximum atomic E-state index is 13.9. The second-order valence-electron chi connectivity index (χ2n) is 5.60. The van der Waals surface area contributed by atoms with Crippen LogP contribution in [-0.4, -0.2) is 37.2 Å². The molecular weight excluding hydrogens is 419 g/mol. The molecule has 0 aliphatic rings. The van der Waals surface area contributed by atoms with Crippen molar-refractivity contribution >= 4 is 20.9 Å². The maximum Gasteiger partial charge on any atom is 1.00 e. The zero-order chi connectivity index (χ0) is 20.8. The molecule has 150 valence electrons. The predicted molar refractivity (Wildman–Crippen MR) is 76.5 cm³/mol. The minimum absolute atomic E-state index is 0. The monoisotopic (exact) mass is 428 g/mol. The van der Waals surface area contributed by atoms with Crippen LogP contribution >= 0.6 is 0 Å². The molecule has 28 heavy (non-hydrogen) atoms. The van der Waals surface area contributed by atoms with Crippen LogP contribution < -0.4 is 18.9 Å². The standard InChI is InChI=1S/C15H10F8O3S.Li/c16-12(17)14(20,21)15(22,23)13(18,19)7-8-3-1-5-10-9(8)4-2-6-11(10)27(24,25)26;/h1-6,12H,7H2,(H,24,25,26);/q;+1/p-1. The normalized spacial score (nSPS) is 13.6.